The summed E-state index contributed by atoms with van der Waals surface area (Å²) in [6, 6.07) is 8.11. The molecule has 0 amide bonds. The SMILES string of the molecule is COCCNCc1cn(-c2cc(C)cc(C)c2)c(C)cc1=O. The summed E-state index contributed by atoms with van der Waals surface area (Å²) in [5.74, 6) is 0. The van der Waals surface area contributed by atoms with Crippen molar-refractivity contribution < 1.29 is 4.74 Å². The van der Waals surface area contributed by atoms with E-state index >= 15 is 0 Å². The molecule has 0 aliphatic carbocycles. The molecule has 0 aliphatic heterocycles. The highest BCUT2D eigenvalue weighted by Crippen LogP contribution is 2.15. The molecular weight excluding hydrogens is 276 g/mol. The molecule has 0 saturated carbocycles. The van der Waals surface area contributed by atoms with Gasteiger partial charge < -0.3 is 14.6 Å². The standard InChI is InChI=1S/C18H24N2O2/c1-13-7-14(2)9-17(8-13)20-12-16(11-19-5-6-22-4)18(21)10-15(20)3/h7-10,12,19H,5-6,11H2,1-4H3. The third kappa shape index (κ3) is 4.06. The van der Waals surface area contributed by atoms with Gasteiger partial charge in [-0.15, -0.1) is 0 Å². The van der Waals surface area contributed by atoms with Crippen LogP contribution in [0.15, 0.2) is 35.3 Å². The minimum absolute atomic E-state index is 0.0723. The molecule has 118 valence electrons. The zero-order chi connectivity index (χ0) is 16.1. The van der Waals surface area contributed by atoms with Crippen molar-refractivity contribution in [2.75, 3.05) is 20.3 Å². The summed E-state index contributed by atoms with van der Waals surface area (Å²) in [5.41, 5.74) is 5.30. The van der Waals surface area contributed by atoms with E-state index in [2.05, 4.69) is 41.9 Å². The Morgan fingerprint density at radius 3 is 2.41 bits per heavy atom. The first-order valence-electron chi connectivity index (χ1n) is 7.52. The van der Waals surface area contributed by atoms with Gasteiger partial charge in [-0.1, -0.05) is 6.07 Å². The van der Waals surface area contributed by atoms with Crippen LogP contribution in [-0.2, 0) is 11.3 Å². The van der Waals surface area contributed by atoms with Gasteiger partial charge in [-0.2, -0.15) is 0 Å². The molecule has 0 radical (unpaired) electrons. The van der Waals surface area contributed by atoms with Crippen LogP contribution in [0.25, 0.3) is 5.69 Å². The van der Waals surface area contributed by atoms with Gasteiger partial charge in [0.05, 0.1) is 6.61 Å². The number of ether oxygens (including phenoxy) is 1. The summed E-state index contributed by atoms with van der Waals surface area (Å²) in [6.45, 7) is 8.04. The van der Waals surface area contributed by atoms with Gasteiger partial charge in [-0.3, -0.25) is 4.79 Å². The van der Waals surface area contributed by atoms with Crippen molar-refractivity contribution in [2.24, 2.45) is 0 Å². The first-order chi connectivity index (χ1) is 10.5. The zero-order valence-electron chi connectivity index (χ0n) is 13.8. The Balaban J connectivity index is 2.33. The number of pyridine rings is 1. The van der Waals surface area contributed by atoms with E-state index in [1.54, 1.807) is 13.2 Å². The molecule has 22 heavy (non-hydrogen) atoms. The van der Waals surface area contributed by atoms with Gasteiger partial charge >= 0.3 is 0 Å². The number of hydrogen-bond acceptors (Lipinski definition) is 3. The summed E-state index contributed by atoms with van der Waals surface area (Å²) in [7, 11) is 1.67. The molecule has 1 heterocycles. The smallest absolute Gasteiger partial charge is 0.186 e. The van der Waals surface area contributed by atoms with E-state index in [4.69, 9.17) is 4.74 Å². The highest BCUT2D eigenvalue weighted by atomic mass is 16.5. The van der Waals surface area contributed by atoms with E-state index in [9.17, 15) is 4.79 Å². The molecule has 2 rings (SSSR count). The number of benzene rings is 1. The highest BCUT2D eigenvalue weighted by molar-refractivity contribution is 5.41. The largest absolute Gasteiger partial charge is 0.383 e. The normalized spacial score (nSPS) is 10.9. The Hall–Kier alpha value is -1.91. The summed E-state index contributed by atoms with van der Waals surface area (Å²) in [6.07, 6.45) is 1.94. The maximum Gasteiger partial charge on any atom is 0.186 e. The number of aryl methyl sites for hydroxylation is 3. The van der Waals surface area contributed by atoms with Crippen LogP contribution in [0.4, 0.5) is 0 Å². The fourth-order valence-electron chi connectivity index (χ4n) is 2.57. The Bertz CT molecular complexity index is 684. The highest BCUT2D eigenvalue weighted by Gasteiger charge is 2.06. The van der Waals surface area contributed by atoms with E-state index in [1.807, 2.05) is 13.1 Å². The number of rotatable bonds is 6. The minimum Gasteiger partial charge on any atom is -0.383 e. The lowest BCUT2D eigenvalue weighted by molar-refractivity contribution is 0.199. The maximum absolute atomic E-state index is 12.1. The number of hydrogen-bond donors (Lipinski definition) is 1. The van der Waals surface area contributed by atoms with E-state index in [0.717, 1.165) is 23.5 Å². The van der Waals surface area contributed by atoms with E-state index < -0.39 is 0 Å². The van der Waals surface area contributed by atoms with Crippen molar-refractivity contribution in [1.29, 1.82) is 0 Å². The summed E-state index contributed by atoms with van der Waals surface area (Å²) in [5, 5.41) is 3.23. The predicted molar refractivity (Wildman–Crippen MR) is 89.8 cm³/mol. The summed E-state index contributed by atoms with van der Waals surface area (Å²) in [4.78, 5) is 12.1. The van der Waals surface area contributed by atoms with Crippen LogP contribution in [0, 0.1) is 20.8 Å². The average Bonchev–Trinajstić information content (AvgIpc) is 2.44. The van der Waals surface area contributed by atoms with E-state index in [-0.39, 0.29) is 5.43 Å². The molecule has 2 aromatic rings. The molecule has 0 atom stereocenters. The van der Waals surface area contributed by atoms with Crippen LogP contribution in [0.5, 0.6) is 0 Å². The zero-order valence-corrected chi connectivity index (χ0v) is 13.8. The van der Waals surface area contributed by atoms with Crippen molar-refractivity contribution in [1.82, 2.24) is 9.88 Å². The fraction of sp³-hybridized carbons (Fsp3) is 0.389. The predicted octanol–water partition coefficient (Wildman–Crippen LogP) is 2.50. The van der Waals surface area contributed by atoms with Gasteiger partial charge in [0, 0.05) is 49.4 Å². The number of aromatic nitrogens is 1. The second kappa shape index (κ2) is 7.38. The van der Waals surface area contributed by atoms with Gasteiger partial charge in [0.15, 0.2) is 5.43 Å². The molecule has 0 bridgehead atoms. The second-order valence-electron chi connectivity index (χ2n) is 5.69. The quantitative estimate of drug-likeness (QED) is 0.834. The molecule has 1 aromatic carbocycles. The van der Waals surface area contributed by atoms with Crippen molar-refractivity contribution in [2.45, 2.75) is 27.3 Å². The number of methoxy groups -OCH3 is 1. The van der Waals surface area contributed by atoms with Gasteiger partial charge in [0.25, 0.3) is 0 Å². The van der Waals surface area contributed by atoms with Crippen molar-refractivity contribution in [3.05, 3.63) is 63.1 Å². The van der Waals surface area contributed by atoms with Crippen molar-refractivity contribution in [3.63, 3.8) is 0 Å². The second-order valence-corrected chi connectivity index (χ2v) is 5.69. The van der Waals surface area contributed by atoms with Crippen LogP contribution >= 0.6 is 0 Å². The molecule has 0 saturated heterocycles. The molecule has 1 N–H and O–H groups in total. The third-order valence-corrected chi connectivity index (χ3v) is 3.60. The van der Waals surface area contributed by atoms with Gasteiger partial charge in [-0.05, 0) is 44.0 Å². The third-order valence-electron chi connectivity index (χ3n) is 3.60. The lowest BCUT2D eigenvalue weighted by atomic mass is 10.1. The number of nitrogens with one attached hydrogen (secondary N) is 1. The first kappa shape index (κ1) is 16.5. The lowest BCUT2D eigenvalue weighted by Crippen LogP contribution is -2.24. The van der Waals surface area contributed by atoms with Gasteiger partial charge in [-0.25, -0.2) is 0 Å². The molecule has 0 spiro atoms. The van der Waals surface area contributed by atoms with Crippen LogP contribution in [0.3, 0.4) is 0 Å². The first-order valence-corrected chi connectivity index (χ1v) is 7.52. The van der Waals surface area contributed by atoms with Gasteiger partial charge in [0.1, 0.15) is 0 Å². The fourth-order valence-corrected chi connectivity index (χ4v) is 2.57. The average molecular weight is 300 g/mol. The molecular formula is C18H24N2O2. The summed E-state index contributed by atoms with van der Waals surface area (Å²) < 4.78 is 7.08. The molecule has 4 nitrogen and oxygen atoms in total. The van der Waals surface area contributed by atoms with E-state index in [0.29, 0.717) is 13.2 Å². The summed E-state index contributed by atoms with van der Waals surface area (Å²) >= 11 is 0. The monoisotopic (exact) mass is 300 g/mol. The van der Waals surface area contributed by atoms with E-state index in [1.165, 1.54) is 11.1 Å². The molecule has 0 fully saturated rings. The van der Waals surface area contributed by atoms with Crippen LogP contribution < -0.4 is 10.7 Å². The Labute approximate surface area is 131 Å². The molecule has 4 heteroatoms. The molecule has 0 aliphatic rings. The van der Waals surface area contributed by atoms with Crippen LogP contribution in [-0.4, -0.2) is 24.8 Å². The topological polar surface area (TPSA) is 43.3 Å². The Kier molecular flexibility index (Phi) is 5.52. The van der Waals surface area contributed by atoms with Crippen LogP contribution in [0.1, 0.15) is 22.4 Å². The van der Waals surface area contributed by atoms with Crippen LogP contribution in [0.2, 0.25) is 0 Å². The number of nitrogens with zero attached hydrogens (tertiary/aromatic N) is 1. The maximum atomic E-state index is 12.1. The van der Waals surface area contributed by atoms with Crippen molar-refractivity contribution >= 4 is 0 Å². The Morgan fingerprint density at radius 2 is 1.77 bits per heavy atom. The minimum atomic E-state index is 0.0723. The Morgan fingerprint density at radius 1 is 1.09 bits per heavy atom. The molecule has 0 unspecified atom stereocenters. The van der Waals surface area contributed by atoms with Gasteiger partial charge in [0.2, 0.25) is 0 Å². The lowest BCUT2D eigenvalue weighted by Gasteiger charge is -2.14. The van der Waals surface area contributed by atoms with Crippen molar-refractivity contribution in [3.8, 4) is 5.69 Å². The molecule has 1 aromatic heterocycles.